The molecule has 0 amide bonds. The Morgan fingerprint density at radius 1 is 1.03 bits per heavy atom. The highest BCUT2D eigenvalue weighted by Gasteiger charge is 2.31. The van der Waals surface area contributed by atoms with Crippen LogP contribution < -0.4 is 9.47 Å². The number of methoxy groups -OCH3 is 2. The molecule has 1 aromatic heterocycles. The van der Waals surface area contributed by atoms with Gasteiger partial charge in [-0.05, 0) is 24.3 Å². The van der Waals surface area contributed by atoms with E-state index in [0.717, 1.165) is 16.3 Å². The molecule has 10 heteroatoms. The van der Waals surface area contributed by atoms with Gasteiger partial charge in [0.2, 0.25) is 10.0 Å². The van der Waals surface area contributed by atoms with Gasteiger partial charge in [-0.15, -0.1) is 11.3 Å². The second-order valence-corrected chi connectivity index (χ2v) is 10.6. The molecule has 32 heavy (non-hydrogen) atoms. The van der Waals surface area contributed by atoms with Crippen molar-refractivity contribution in [2.75, 3.05) is 40.4 Å². The molecule has 170 valence electrons. The maximum Gasteiger partial charge on any atom is 0.246 e. The van der Waals surface area contributed by atoms with Gasteiger partial charge < -0.3 is 9.47 Å². The Hall–Kier alpha value is -2.17. The van der Waals surface area contributed by atoms with Crippen molar-refractivity contribution < 1.29 is 17.9 Å². The van der Waals surface area contributed by atoms with Crippen LogP contribution in [0.15, 0.2) is 52.7 Å². The number of rotatable bonds is 7. The first kappa shape index (κ1) is 23.0. The van der Waals surface area contributed by atoms with Crippen LogP contribution in [0.1, 0.15) is 5.01 Å². The Labute approximate surface area is 197 Å². The molecular formula is C22H24ClN3O4S2. The summed E-state index contributed by atoms with van der Waals surface area (Å²) in [5.74, 6) is 0.786. The zero-order valence-electron chi connectivity index (χ0n) is 17.8. The van der Waals surface area contributed by atoms with Gasteiger partial charge in [0.1, 0.15) is 21.4 Å². The minimum atomic E-state index is -3.69. The summed E-state index contributed by atoms with van der Waals surface area (Å²) < 4.78 is 38.5. The van der Waals surface area contributed by atoms with Crippen LogP contribution in [0.25, 0.3) is 11.3 Å². The predicted molar refractivity (Wildman–Crippen MR) is 126 cm³/mol. The number of aromatic nitrogens is 1. The molecule has 2 aromatic carbocycles. The number of benzene rings is 2. The molecule has 0 N–H and O–H groups in total. The highest BCUT2D eigenvalue weighted by molar-refractivity contribution is 7.89. The molecule has 0 saturated carbocycles. The van der Waals surface area contributed by atoms with Crippen molar-refractivity contribution >= 4 is 33.0 Å². The molecule has 0 unspecified atom stereocenters. The minimum Gasteiger partial charge on any atom is -0.497 e. The van der Waals surface area contributed by atoms with Gasteiger partial charge >= 0.3 is 0 Å². The summed E-state index contributed by atoms with van der Waals surface area (Å²) in [5.41, 5.74) is 1.95. The van der Waals surface area contributed by atoms with Crippen molar-refractivity contribution in [3.05, 3.63) is 57.9 Å². The van der Waals surface area contributed by atoms with Crippen molar-refractivity contribution in [2.45, 2.75) is 11.4 Å². The van der Waals surface area contributed by atoms with E-state index in [1.54, 1.807) is 23.5 Å². The van der Waals surface area contributed by atoms with E-state index in [4.69, 9.17) is 26.1 Å². The number of piperazine rings is 1. The average molecular weight is 494 g/mol. The standard InChI is InChI=1S/C22H24ClN3O4S2/c1-29-18-7-8-20(30-2)21(13-18)32(27,28)26-11-9-25(10-12-26)14-22-24-19(15-31-22)16-3-5-17(23)6-4-16/h3-8,13,15H,9-12,14H2,1-2H3. The van der Waals surface area contributed by atoms with Gasteiger partial charge in [0.05, 0.1) is 26.5 Å². The Morgan fingerprint density at radius 2 is 1.75 bits per heavy atom. The number of thiazole rings is 1. The molecule has 4 rings (SSSR count). The van der Waals surface area contributed by atoms with Gasteiger partial charge in [-0.1, -0.05) is 23.7 Å². The van der Waals surface area contributed by atoms with Gasteiger partial charge in [0.15, 0.2) is 0 Å². The first-order chi connectivity index (χ1) is 15.4. The van der Waals surface area contributed by atoms with E-state index in [2.05, 4.69) is 4.90 Å². The molecule has 1 fully saturated rings. The molecule has 0 bridgehead atoms. The normalized spacial score (nSPS) is 15.6. The number of hydrogen-bond acceptors (Lipinski definition) is 7. The van der Waals surface area contributed by atoms with E-state index in [1.807, 2.05) is 29.6 Å². The lowest BCUT2D eigenvalue weighted by Crippen LogP contribution is -2.48. The van der Waals surface area contributed by atoms with Crippen molar-refractivity contribution in [1.82, 2.24) is 14.2 Å². The fraction of sp³-hybridized carbons (Fsp3) is 0.318. The Bertz CT molecular complexity index is 1170. The summed E-state index contributed by atoms with van der Waals surface area (Å²) in [7, 11) is -0.720. The van der Waals surface area contributed by atoms with Crippen LogP contribution in [0.2, 0.25) is 5.02 Å². The first-order valence-corrected chi connectivity index (χ1v) is 12.8. The molecule has 0 spiro atoms. The Balaban J connectivity index is 1.41. The molecule has 2 heterocycles. The summed E-state index contributed by atoms with van der Waals surface area (Å²) in [6, 6.07) is 12.4. The lowest BCUT2D eigenvalue weighted by atomic mass is 10.2. The third-order valence-corrected chi connectivity index (χ3v) is 8.38. The molecule has 3 aromatic rings. The van der Waals surface area contributed by atoms with E-state index >= 15 is 0 Å². The lowest BCUT2D eigenvalue weighted by Gasteiger charge is -2.33. The molecule has 7 nitrogen and oxygen atoms in total. The molecular weight excluding hydrogens is 470 g/mol. The summed E-state index contributed by atoms with van der Waals surface area (Å²) in [5, 5.41) is 3.73. The summed E-state index contributed by atoms with van der Waals surface area (Å²) in [6.07, 6.45) is 0. The monoisotopic (exact) mass is 493 g/mol. The fourth-order valence-corrected chi connectivity index (χ4v) is 6.14. The zero-order valence-corrected chi connectivity index (χ0v) is 20.2. The quantitative estimate of drug-likeness (QED) is 0.495. The number of hydrogen-bond donors (Lipinski definition) is 0. The van der Waals surface area contributed by atoms with Crippen LogP contribution >= 0.6 is 22.9 Å². The fourth-order valence-electron chi connectivity index (χ4n) is 3.58. The summed E-state index contributed by atoms with van der Waals surface area (Å²) >= 11 is 7.57. The highest BCUT2D eigenvalue weighted by atomic mass is 35.5. The third-order valence-electron chi connectivity index (χ3n) is 5.37. The highest BCUT2D eigenvalue weighted by Crippen LogP contribution is 2.31. The molecule has 1 saturated heterocycles. The number of nitrogens with zero attached hydrogens (tertiary/aromatic N) is 3. The second-order valence-electron chi connectivity index (χ2n) is 7.33. The SMILES string of the molecule is COc1ccc(OC)c(S(=O)(=O)N2CCN(Cc3nc(-c4ccc(Cl)cc4)cs3)CC2)c1. The summed E-state index contributed by atoms with van der Waals surface area (Å²) in [6.45, 7) is 2.74. The van der Waals surface area contributed by atoms with Crippen LogP contribution in [0, 0.1) is 0 Å². The summed E-state index contributed by atoms with van der Waals surface area (Å²) in [4.78, 5) is 7.08. The van der Waals surface area contributed by atoms with E-state index in [0.29, 0.717) is 49.2 Å². The minimum absolute atomic E-state index is 0.125. The zero-order chi connectivity index (χ0) is 22.7. The van der Waals surface area contributed by atoms with Gasteiger partial charge in [-0.25, -0.2) is 13.4 Å². The predicted octanol–water partition coefficient (Wildman–Crippen LogP) is 3.99. The van der Waals surface area contributed by atoms with Gasteiger partial charge in [-0.3, -0.25) is 4.90 Å². The van der Waals surface area contributed by atoms with Gasteiger partial charge in [-0.2, -0.15) is 4.31 Å². The number of halogens is 1. The van der Waals surface area contributed by atoms with Gasteiger partial charge in [0, 0.05) is 48.2 Å². The van der Waals surface area contributed by atoms with Gasteiger partial charge in [0.25, 0.3) is 0 Å². The van der Waals surface area contributed by atoms with Crippen LogP contribution in [-0.2, 0) is 16.6 Å². The van der Waals surface area contributed by atoms with Crippen LogP contribution in [-0.4, -0.2) is 63.0 Å². The molecule has 0 atom stereocenters. The topological polar surface area (TPSA) is 72.0 Å². The van der Waals surface area contributed by atoms with Crippen molar-refractivity contribution in [3.63, 3.8) is 0 Å². The van der Waals surface area contributed by atoms with E-state index in [9.17, 15) is 8.42 Å². The number of sulfonamides is 1. The van der Waals surface area contributed by atoms with E-state index in [-0.39, 0.29) is 4.90 Å². The molecule has 1 aliphatic rings. The first-order valence-electron chi connectivity index (χ1n) is 10.1. The number of ether oxygens (including phenoxy) is 2. The van der Waals surface area contributed by atoms with Crippen LogP contribution in [0.3, 0.4) is 0 Å². The Morgan fingerprint density at radius 3 is 2.41 bits per heavy atom. The van der Waals surface area contributed by atoms with Crippen LogP contribution in [0.4, 0.5) is 0 Å². The largest absolute Gasteiger partial charge is 0.497 e. The van der Waals surface area contributed by atoms with Crippen molar-refractivity contribution in [3.8, 4) is 22.8 Å². The molecule has 0 aliphatic carbocycles. The molecule has 0 radical (unpaired) electrons. The lowest BCUT2D eigenvalue weighted by molar-refractivity contribution is 0.181. The van der Waals surface area contributed by atoms with E-state index in [1.165, 1.54) is 24.6 Å². The van der Waals surface area contributed by atoms with Crippen LogP contribution in [0.5, 0.6) is 11.5 Å². The smallest absolute Gasteiger partial charge is 0.246 e. The average Bonchev–Trinajstić information content (AvgIpc) is 3.28. The maximum absolute atomic E-state index is 13.2. The van der Waals surface area contributed by atoms with E-state index < -0.39 is 10.0 Å². The van der Waals surface area contributed by atoms with Crippen molar-refractivity contribution in [1.29, 1.82) is 0 Å². The second kappa shape index (κ2) is 9.76. The van der Waals surface area contributed by atoms with Crippen molar-refractivity contribution in [2.24, 2.45) is 0 Å². The molecule has 1 aliphatic heterocycles. The maximum atomic E-state index is 13.2. The third kappa shape index (κ3) is 4.92. The Kier molecular flexibility index (Phi) is 7.02.